The van der Waals surface area contributed by atoms with Crippen molar-refractivity contribution in [2.24, 2.45) is 0 Å². The molecule has 2 aliphatic heterocycles. The summed E-state index contributed by atoms with van der Waals surface area (Å²) in [4.78, 5) is 17.1. The first-order chi connectivity index (χ1) is 13.2. The minimum atomic E-state index is 0. The van der Waals surface area contributed by atoms with Crippen molar-refractivity contribution >= 4 is 30.7 Å². The van der Waals surface area contributed by atoms with Crippen molar-refractivity contribution in [3.63, 3.8) is 0 Å². The van der Waals surface area contributed by atoms with Gasteiger partial charge in [0.1, 0.15) is 0 Å². The molecule has 29 heavy (non-hydrogen) atoms. The Bertz CT molecular complexity index is 785. The van der Waals surface area contributed by atoms with Crippen molar-refractivity contribution in [3.05, 3.63) is 47.3 Å². The molecule has 1 amide bonds. The number of piperidine rings is 1. The van der Waals surface area contributed by atoms with Gasteiger partial charge < -0.3 is 10.2 Å². The predicted molar refractivity (Wildman–Crippen MR) is 118 cm³/mol. The van der Waals surface area contributed by atoms with Gasteiger partial charge in [-0.15, -0.1) is 29.9 Å². The van der Waals surface area contributed by atoms with Gasteiger partial charge in [0, 0.05) is 32.7 Å². The van der Waals surface area contributed by atoms with E-state index in [1.165, 1.54) is 11.1 Å². The molecule has 9 heteroatoms. The second kappa shape index (κ2) is 10.9. The first-order valence-corrected chi connectivity index (χ1v) is 9.89. The summed E-state index contributed by atoms with van der Waals surface area (Å²) >= 11 is 0. The number of piperazine rings is 1. The molecule has 3 heterocycles. The van der Waals surface area contributed by atoms with Crippen LogP contribution in [0.4, 0.5) is 0 Å². The molecular weight excluding hydrogens is 411 g/mol. The van der Waals surface area contributed by atoms with Crippen LogP contribution >= 0.6 is 24.8 Å². The number of rotatable bonds is 4. The van der Waals surface area contributed by atoms with Gasteiger partial charge in [0.25, 0.3) is 5.91 Å². The third-order valence-electron chi connectivity index (χ3n) is 5.73. The predicted octanol–water partition coefficient (Wildman–Crippen LogP) is 2.31. The van der Waals surface area contributed by atoms with Gasteiger partial charge in [-0.05, 0) is 44.0 Å². The Kier molecular flexibility index (Phi) is 8.89. The number of carbonyl (C=O) groups is 1. The number of nitrogens with one attached hydrogen (secondary N) is 1. The molecule has 0 radical (unpaired) electrons. The summed E-state index contributed by atoms with van der Waals surface area (Å²) in [5, 5.41) is 11.7. The van der Waals surface area contributed by atoms with E-state index >= 15 is 0 Å². The van der Waals surface area contributed by atoms with Crippen LogP contribution in [0.5, 0.6) is 0 Å². The van der Waals surface area contributed by atoms with E-state index in [9.17, 15) is 4.79 Å². The Balaban J connectivity index is 0.00000150. The van der Waals surface area contributed by atoms with Crippen molar-refractivity contribution in [1.29, 1.82) is 0 Å². The molecular formula is C20H30Cl2N6O. The normalized spacial score (nSPS) is 18.0. The van der Waals surface area contributed by atoms with E-state index < -0.39 is 0 Å². The summed E-state index contributed by atoms with van der Waals surface area (Å²) in [6, 6.07) is 8.86. The lowest BCUT2D eigenvalue weighted by atomic mass is 10.1. The number of hydrogen-bond acceptors (Lipinski definition) is 5. The lowest BCUT2D eigenvalue weighted by molar-refractivity contribution is 0.0622. The molecule has 1 aromatic heterocycles. The van der Waals surface area contributed by atoms with E-state index in [0.29, 0.717) is 11.7 Å². The maximum Gasteiger partial charge on any atom is 0.276 e. The third-order valence-corrected chi connectivity index (χ3v) is 5.73. The molecule has 1 N–H and O–H groups in total. The van der Waals surface area contributed by atoms with Crippen molar-refractivity contribution in [2.75, 3.05) is 39.3 Å². The fourth-order valence-electron chi connectivity index (χ4n) is 3.92. The van der Waals surface area contributed by atoms with E-state index in [1.807, 2.05) is 15.8 Å². The summed E-state index contributed by atoms with van der Waals surface area (Å²) in [7, 11) is 0. The number of amides is 1. The van der Waals surface area contributed by atoms with Gasteiger partial charge in [-0.25, -0.2) is 4.68 Å². The van der Waals surface area contributed by atoms with E-state index in [1.54, 1.807) is 0 Å². The average molecular weight is 441 g/mol. The van der Waals surface area contributed by atoms with Crippen molar-refractivity contribution in [3.8, 4) is 0 Å². The lowest BCUT2D eigenvalue weighted by Gasteiger charge is -2.34. The van der Waals surface area contributed by atoms with E-state index in [4.69, 9.17) is 0 Å². The molecule has 0 bridgehead atoms. The van der Waals surface area contributed by atoms with Gasteiger partial charge in [0.05, 0.1) is 12.2 Å². The zero-order chi connectivity index (χ0) is 18.6. The van der Waals surface area contributed by atoms with Gasteiger partial charge in [-0.2, -0.15) is 0 Å². The van der Waals surface area contributed by atoms with E-state index in [2.05, 4.69) is 51.7 Å². The highest BCUT2D eigenvalue weighted by atomic mass is 35.5. The Morgan fingerprint density at radius 2 is 1.79 bits per heavy atom. The molecule has 0 atom stereocenters. The van der Waals surface area contributed by atoms with Crippen LogP contribution in [0.15, 0.2) is 30.5 Å². The molecule has 0 spiro atoms. The lowest BCUT2D eigenvalue weighted by Crippen LogP contribution is -2.48. The minimum absolute atomic E-state index is 0. The van der Waals surface area contributed by atoms with Crippen molar-refractivity contribution in [2.45, 2.75) is 32.4 Å². The van der Waals surface area contributed by atoms with Crippen LogP contribution in [0.3, 0.4) is 0 Å². The molecule has 0 unspecified atom stereocenters. The summed E-state index contributed by atoms with van der Waals surface area (Å²) in [6.07, 6.45) is 3.90. The Morgan fingerprint density at radius 3 is 2.48 bits per heavy atom. The zero-order valence-electron chi connectivity index (χ0n) is 16.8. The molecule has 0 saturated carbocycles. The van der Waals surface area contributed by atoms with Crippen LogP contribution in [-0.4, -0.2) is 70.0 Å². The molecule has 2 fully saturated rings. The number of carbonyl (C=O) groups excluding carboxylic acids is 1. The fourth-order valence-corrected chi connectivity index (χ4v) is 3.92. The Morgan fingerprint density at radius 1 is 1.10 bits per heavy atom. The van der Waals surface area contributed by atoms with Crippen molar-refractivity contribution in [1.82, 2.24) is 30.1 Å². The Hall–Kier alpha value is -1.67. The van der Waals surface area contributed by atoms with Gasteiger partial charge in [-0.3, -0.25) is 9.69 Å². The maximum atomic E-state index is 12.8. The van der Waals surface area contributed by atoms with Gasteiger partial charge in [-0.1, -0.05) is 29.5 Å². The summed E-state index contributed by atoms with van der Waals surface area (Å²) in [6.45, 7) is 8.36. The Labute approximate surface area is 184 Å². The van der Waals surface area contributed by atoms with E-state index in [0.717, 1.165) is 58.7 Å². The van der Waals surface area contributed by atoms with Crippen LogP contribution in [0.25, 0.3) is 0 Å². The summed E-state index contributed by atoms with van der Waals surface area (Å²) in [5.74, 6) is 0.00530. The number of benzene rings is 1. The topological polar surface area (TPSA) is 66.3 Å². The molecule has 4 rings (SSSR count). The number of aromatic nitrogens is 3. The number of nitrogens with zero attached hydrogens (tertiary/aromatic N) is 5. The van der Waals surface area contributed by atoms with Crippen LogP contribution < -0.4 is 5.32 Å². The summed E-state index contributed by atoms with van der Waals surface area (Å²) in [5.41, 5.74) is 3.16. The SMILES string of the molecule is Cc1ccccc1CN1CCN(C(=O)c2cn(C3CCNCC3)nn2)CC1.Cl.Cl. The van der Waals surface area contributed by atoms with Crippen LogP contribution in [0.2, 0.25) is 0 Å². The second-order valence-corrected chi connectivity index (χ2v) is 7.56. The molecule has 2 saturated heterocycles. The standard InChI is InChI=1S/C20H28N6O.2ClH/c1-16-4-2-3-5-17(16)14-24-10-12-25(13-11-24)20(27)19-15-26(23-22-19)18-6-8-21-9-7-18;;/h2-5,15,18,21H,6-14H2,1H3;2*1H. The number of hydrogen-bond donors (Lipinski definition) is 1. The van der Waals surface area contributed by atoms with Crippen LogP contribution in [-0.2, 0) is 6.54 Å². The van der Waals surface area contributed by atoms with Crippen molar-refractivity contribution < 1.29 is 4.79 Å². The molecule has 2 aromatic rings. The van der Waals surface area contributed by atoms with Gasteiger partial charge >= 0.3 is 0 Å². The maximum absolute atomic E-state index is 12.8. The fraction of sp³-hybridized carbons (Fsp3) is 0.550. The molecule has 2 aliphatic rings. The monoisotopic (exact) mass is 440 g/mol. The third kappa shape index (κ3) is 5.69. The van der Waals surface area contributed by atoms with E-state index in [-0.39, 0.29) is 30.7 Å². The first kappa shape index (κ1) is 23.6. The highest BCUT2D eigenvalue weighted by Crippen LogP contribution is 2.18. The highest BCUT2D eigenvalue weighted by molar-refractivity contribution is 5.92. The van der Waals surface area contributed by atoms with Gasteiger partial charge in [0.2, 0.25) is 0 Å². The first-order valence-electron chi connectivity index (χ1n) is 9.89. The minimum Gasteiger partial charge on any atom is -0.335 e. The molecule has 1 aromatic carbocycles. The molecule has 7 nitrogen and oxygen atoms in total. The second-order valence-electron chi connectivity index (χ2n) is 7.56. The average Bonchev–Trinajstić information content (AvgIpc) is 3.21. The smallest absolute Gasteiger partial charge is 0.276 e. The summed E-state index contributed by atoms with van der Waals surface area (Å²) < 4.78 is 1.88. The number of halogens is 2. The van der Waals surface area contributed by atoms with Crippen LogP contribution in [0, 0.1) is 6.92 Å². The molecule has 0 aliphatic carbocycles. The quantitative estimate of drug-likeness (QED) is 0.789. The zero-order valence-corrected chi connectivity index (χ0v) is 18.4. The van der Waals surface area contributed by atoms with Gasteiger partial charge in [0.15, 0.2) is 5.69 Å². The highest BCUT2D eigenvalue weighted by Gasteiger charge is 2.25. The van der Waals surface area contributed by atoms with Crippen LogP contribution in [0.1, 0.15) is 40.5 Å². The largest absolute Gasteiger partial charge is 0.335 e. The molecule has 160 valence electrons. The number of aryl methyl sites for hydroxylation is 1.